The maximum absolute atomic E-state index is 10.7. The van der Waals surface area contributed by atoms with Crippen molar-refractivity contribution in [3.05, 3.63) is 27.4 Å². The highest BCUT2D eigenvalue weighted by Gasteiger charge is 2.29. The van der Waals surface area contributed by atoms with Gasteiger partial charge >= 0.3 is 0 Å². The van der Waals surface area contributed by atoms with Gasteiger partial charge in [0.15, 0.2) is 0 Å². The van der Waals surface area contributed by atoms with Crippen LogP contribution in [0.1, 0.15) is 25.7 Å². The third-order valence-electron chi connectivity index (χ3n) is 4.02. The summed E-state index contributed by atoms with van der Waals surface area (Å²) in [4.78, 5) is 16.4. The molecular weight excluding hydrogens is 280 g/mol. The highest BCUT2D eigenvalue weighted by atomic mass is 35.5. The van der Waals surface area contributed by atoms with Crippen LogP contribution in [-0.4, -0.2) is 29.5 Å². The van der Waals surface area contributed by atoms with Gasteiger partial charge in [0, 0.05) is 19.2 Å². The van der Waals surface area contributed by atoms with Gasteiger partial charge in [0.25, 0.3) is 5.69 Å². The number of hydrogen-bond acceptors (Lipinski definition) is 5. The van der Waals surface area contributed by atoms with Crippen molar-refractivity contribution < 1.29 is 4.92 Å². The maximum atomic E-state index is 10.7. The smallest absolute Gasteiger partial charge is 0.289 e. The van der Waals surface area contributed by atoms with Gasteiger partial charge in [0.1, 0.15) is 12.0 Å². The Labute approximate surface area is 123 Å². The molecule has 0 amide bonds. The molecule has 6 nitrogen and oxygen atoms in total. The summed E-state index contributed by atoms with van der Waals surface area (Å²) < 4.78 is 0. The summed E-state index contributed by atoms with van der Waals surface area (Å²) in [5.74, 6) is 1.00. The second-order valence-corrected chi connectivity index (χ2v) is 5.62. The number of hydrogen-bond donors (Lipinski definition) is 1. The highest BCUT2D eigenvalue weighted by Crippen LogP contribution is 2.33. The molecule has 2 N–H and O–H groups in total. The van der Waals surface area contributed by atoms with Crippen molar-refractivity contribution in [1.82, 2.24) is 4.98 Å². The van der Waals surface area contributed by atoms with Crippen molar-refractivity contribution in [1.29, 1.82) is 0 Å². The van der Waals surface area contributed by atoms with Crippen molar-refractivity contribution in [2.45, 2.75) is 31.7 Å². The zero-order valence-electron chi connectivity index (χ0n) is 11.5. The average Bonchev–Trinajstić information content (AvgIpc) is 2.46. The number of rotatable bonds is 4. The minimum absolute atomic E-state index is 0.0915. The number of halogens is 1. The van der Waals surface area contributed by atoms with Gasteiger partial charge in [0.05, 0.1) is 9.95 Å². The van der Waals surface area contributed by atoms with Gasteiger partial charge < -0.3 is 10.6 Å². The van der Waals surface area contributed by atoms with E-state index in [1.165, 1.54) is 18.7 Å². The van der Waals surface area contributed by atoms with Crippen molar-refractivity contribution in [3.8, 4) is 0 Å². The summed E-state index contributed by atoms with van der Waals surface area (Å²) in [6.07, 6.45) is 5.77. The third-order valence-corrected chi connectivity index (χ3v) is 4.30. The molecular formula is C13H19ClN4O2. The van der Waals surface area contributed by atoms with Crippen LogP contribution in [0, 0.1) is 16.0 Å². The number of nitrogens with two attached hydrogens (primary N) is 1. The van der Waals surface area contributed by atoms with Crippen LogP contribution < -0.4 is 10.6 Å². The average molecular weight is 299 g/mol. The molecule has 2 atom stereocenters. The first-order valence-corrected chi connectivity index (χ1v) is 7.15. The lowest BCUT2D eigenvalue weighted by molar-refractivity contribution is -0.385. The van der Waals surface area contributed by atoms with Crippen molar-refractivity contribution in [2.75, 3.05) is 18.5 Å². The molecule has 7 heteroatoms. The normalized spacial score (nSPS) is 22.6. The zero-order chi connectivity index (χ0) is 14.7. The van der Waals surface area contributed by atoms with Gasteiger partial charge in [-0.25, -0.2) is 4.98 Å². The van der Waals surface area contributed by atoms with Crippen molar-refractivity contribution in [3.63, 3.8) is 0 Å². The van der Waals surface area contributed by atoms with Crippen LogP contribution in [0.2, 0.25) is 5.02 Å². The topological polar surface area (TPSA) is 85.3 Å². The van der Waals surface area contributed by atoms with Crippen LogP contribution in [0.15, 0.2) is 12.3 Å². The van der Waals surface area contributed by atoms with Gasteiger partial charge in [-0.3, -0.25) is 10.1 Å². The molecule has 2 unspecified atom stereocenters. The highest BCUT2D eigenvalue weighted by molar-refractivity contribution is 6.33. The Kier molecular flexibility index (Phi) is 4.77. The van der Waals surface area contributed by atoms with E-state index in [1.807, 2.05) is 11.9 Å². The molecule has 110 valence electrons. The predicted molar refractivity (Wildman–Crippen MR) is 79.1 cm³/mol. The van der Waals surface area contributed by atoms with Crippen LogP contribution in [0.5, 0.6) is 0 Å². The monoisotopic (exact) mass is 298 g/mol. The van der Waals surface area contributed by atoms with Crippen LogP contribution in [0.25, 0.3) is 0 Å². The van der Waals surface area contributed by atoms with E-state index in [0.717, 1.165) is 19.3 Å². The number of aromatic nitrogens is 1. The number of nitro groups is 1. The summed E-state index contributed by atoms with van der Waals surface area (Å²) in [5, 5.41) is 11.0. The molecule has 1 heterocycles. The van der Waals surface area contributed by atoms with Crippen molar-refractivity contribution >= 4 is 23.1 Å². The molecule has 0 saturated heterocycles. The van der Waals surface area contributed by atoms with E-state index in [0.29, 0.717) is 29.3 Å². The lowest BCUT2D eigenvalue weighted by Gasteiger charge is -2.38. The fourth-order valence-electron chi connectivity index (χ4n) is 2.91. The van der Waals surface area contributed by atoms with E-state index in [-0.39, 0.29) is 5.69 Å². The van der Waals surface area contributed by atoms with Gasteiger partial charge in [0.2, 0.25) is 0 Å². The first kappa shape index (κ1) is 15.0. The van der Waals surface area contributed by atoms with Gasteiger partial charge in [-0.15, -0.1) is 0 Å². The molecule has 1 saturated carbocycles. The standard InChI is InChI=1S/C13H19ClN4O2/c1-17(12-5-3-2-4-9(12)7-15)13-11(14)6-10(8-16-13)18(19)20/h6,8-9,12H,2-5,7,15H2,1H3. The molecule has 1 aliphatic rings. The van der Waals surface area contributed by atoms with Gasteiger partial charge in [-0.2, -0.15) is 0 Å². The Bertz CT molecular complexity index is 497. The third kappa shape index (κ3) is 3.02. The van der Waals surface area contributed by atoms with Crippen LogP contribution in [0.3, 0.4) is 0 Å². The molecule has 0 aliphatic heterocycles. The Morgan fingerprint density at radius 3 is 2.85 bits per heavy atom. The summed E-state index contributed by atoms with van der Waals surface area (Å²) in [6, 6.07) is 1.64. The van der Waals surface area contributed by atoms with E-state index in [4.69, 9.17) is 17.3 Å². The fraction of sp³-hybridized carbons (Fsp3) is 0.615. The molecule has 0 spiro atoms. The van der Waals surface area contributed by atoms with Crippen LogP contribution in [0.4, 0.5) is 11.5 Å². The number of pyridine rings is 1. The molecule has 0 radical (unpaired) electrons. The number of anilines is 1. The largest absolute Gasteiger partial charge is 0.355 e. The second kappa shape index (κ2) is 6.37. The lowest BCUT2D eigenvalue weighted by Crippen LogP contribution is -2.43. The molecule has 1 fully saturated rings. The predicted octanol–water partition coefficient (Wildman–Crippen LogP) is 2.60. The summed E-state index contributed by atoms with van der Waals surface area (Å²) in [7, 11) is 1.93. The first-order chi connectivity index (χ1) is 9.54. The quantitative estimate of drug-likeness (QED) is 0.682. The molecule has 1 aliphatic carbocycles. The maximum Gasteiger partial charge on any atom is 0.289 e. The molecule has 2 rings (SSSR count). The minimum Gasteiger partial charge on any atom is -0.355 e. The van der Waals surface area contributed by atoms with E-state index >= 15 is 0 Å². The van der Waals surface area contributed by atoms with E-state index in [9.17, 15) is 10.1 Å². The van der Waals surface area contributed by atoms with Crippen LogP contribution in [-0.2, 0) is 0 Å². The second-order valence-electron chi connectivity index (χ2n) is 5.21. The van der Waals surface area contributed by atoms with E-state index in [1.54, 1.807) is 0 Å². The first-order valence-electron chi connectivity index (χ1n) is 6.77. The SMILES string of the molecule is CN(c1ncc([N+](=O)[O-])cc1Cl)C1CCCCC1CN. The Morgan fingerprint density at radius 1 is 1.55 bits per heavy atom. The van der Waals surface area contributed by atoms with E-state index in [2.05, 4.69) is 4.98 Å². The molecule has 1 aromatic rings. The molecule has 0 aromatic carbocycles. The summed E-state index contributed by atoms with van der Waals surface area (Å²) in [6.45, 7) is 0.638. The Balaban J connectivity index is 2.23. The van der Waals surface area contributed by atoms with Gasteiger partial charge in [-0.05, 0) is 25.3 Å². The molecule has 1 aromatic heterocycles. The fourth-order valence-corrected chi connectivity index (χ4v) is 3.20. The minimum atomic E-state index is -0.494. The Morgan fingerprint density at radius 2 is 2.25 bits per heavy atom. The summed E-state index contributed by atoms with van der Waals surface area (Å²) >= 11 is 6.14. The van der Waals surface area contributed by atoms with E-state index < -0.39 is 4.92 Å². The molecule has 20 heavy (non-hydrogen) atoms. The van der Waals surface area contributed by atoms with Crippen LogP contribution >= 0.6 is 11.6 Å². The molecule has 0 bridgehead atoms. The Hall–Kier alpha value is -1.40. The summed E-state index contributed by atoms with van der Waals surface area (Å²) in [5.41, 5.74) is 5.75. The van der Waals surface area contributed by atoms with Gasteiger partial charge in [-0.1, -0.05) is 24.4 Å². The lowest BCUT2D eigenvalue weighted by atomic mass is 9.84. The number of nitrogens with zero attached hydrogens (tertiary/aromatic N) is 3. The van der Waals surface area contributed by atoms with Crippen molar-refractivity contribution in [2.24, 2.45) is 11.7 Å². The zero-order valence-corrected chi connectivity index (χ0v) is 12.2.